The van der Waals surface area contributed by atoms with Crippen molar-refractivity contribution in [2.75, 3.05) is 26.1 Å². The molecule has 0 radical (unpaired) electrons. The molecule has 1 aliphatic heterocycles. The number of nitrogen functional groups attached to an aromatic ring is 1. The Hall–Kier alpha value is -4.45. The van der Waals surface area contributed by atoms with Crippen LogP contribution in [0.3, 0.4) is 0 Å². The minimum atomic E-state index is -0.701. The Bertz CT molecular complexity index is 1460. The lowest BCUT2D eigenvalue weighted by Gasteiger charge is -2.26. The van der Waals surface area contributed by atoms with Crippen molar-refractivity contribution in [3.63, 3.8) is 0 Å². The van der Waals surface area contributed by atoms with Gasteiger partial charge in [0.25, 0.3) is 11.8 Å². The second-order valence-electron chi connectivity index (χ2n) is 8.02. The highest BCUT2D eigenvalue weighted by Crippen LogP contribution is 2.35. The average Bonchev–Trinajstić information content (AvgIpc) is 3.42. The lowest BCUT2D eigenvalue weighted by molar-refractivity contribution is -0.0275. The molecule has 6 N–H and O–H groups in total. The molecule has 11 nitrogen and oxygen atoms in total. The highest BCUT2D eigenvalue weighted by Gasteiger charge is 2.30. The molecule has 2 amide bonds. The van der Waals surface area contributed by atoms with Gasteiger partial charge in [-0.3, -0.25) is 14.6 Å². The number of carbonyl (C=O) groups excluding carboxylic acids is 2. The fraction of sp³-hybridized carbons (Fsp3) is 0.217. The zero-order valence-corrected chi connectivity index (χ0v) is 18.7. The monoisotopic (exact) mass is 479 g/mol. The maximum Gasteiger partial charge on any atom is 0.255 e. The van der Waals surface area contributed by atoms with Gasteiger partial charge in [-0.1, -0.05) is 0 Å². The fourth-order valence-electron chi connectivity index (χ4n) is 4.07. The number of ether oxygens (including phenoxy) is 2. The van der Waals surface area contributed by atoms with Crippen molar-refractivity contribution in [1.29, 1.82) is 0 Å². The van der Waals surface area contributed by atoms with E-state index in [0.717, 1.165) is 6.07 Å². The normalized spacial score (nSPS) is 13.5. The van der Waals surface area contributed by atoms with Crippen LogP contribution >= 0.6 is 0 Å². The second kappa shape index (κ2) is 8.72. The summed E-state index contributed by atoms with van der Waals surface area (Å²) in [5.74, 6) is -1.35. The lowest BCUT2D eigenvalue weighted by Crippen LogP contribution is -2.32. The van der Waals surface area contributed by atoms with Crippen molar-refractivity contribution in [1.82, 2.24) is 25.1 Å². The molecule has 0 bridgehead atoms. The van der Waals surface area contributed by atoms with Gasteiger partial charge in [0, 0.05) is 23.3 Å². The summed E-state index contributed by atoms with van der Waals surface area (Å²) in [6.45, 7) is 0.931. The van der Waals surface area contributed by atoms with E-state index in [1.165, 1.54) is 19.2 Å². The number of carbonyl (C=O) groups is 2. The molecular weight excluding hydrogens is 457 g/mol. The van der Waals surface area contributed by atoms with Crippen LogP contribution < -0.4 is 21.5 Å². The van der Waals surface area contributed by atoms with Gasteiger partial charge in [-0.25, -0.2) is 9.07 Å². The van der Waals surface area contributed by atoms with Gasteiger partial charge in [0.05, 0.1) is 43.6 Å². The van der Waals surface area contributed by atoms with Gasteiger partial charge in [-0.15, -0.1) is 0 Å². The molecule has 0 saturated carbocycles. The number of benzene rings is 1. The predicted molar refractivity (Wildman–Crippen MR) is 124 cm³/mol. The number of aromatic amines is 1. The minimum Gasteiger partial charge on any atom is -0.496 e. The summed E-state index contributed by atoms with van der Waals surface area (Å²) in [6, 6.07) is 5.43. The maximum absolute atomic E-state index is 13.7. The van der Waals surface area contributed by atoms with Crippen LogP contribution in [0.1, 0.15) is 32.5 Å². The number of methoxy groups -OCH3 is 1. The van der Waals surface area contributed by atoms with Crippen LogP contribution in [-0.4, -0.2) is 51.9 Å². The Kier molecular flexibility index (Phi) is 5.57. The number of nitrogens with zero attached hydrogens (tertiary/aromatic N) is 3. The molecule has 4 heterocycles. The first-order chi connectivity index (χ1) is 16.9. The summed E-state index contributed by atoms with van der Waals surface area (Å²) >= 11 is 0. The van der Waals surface area contributed by atoms with Crippen LogP contribution in [0.2, 0.25) is 0 Å². The number of nitrogens with two attached hydrogens (primary N) is 2. The Morgan fingerprint density at radius 2 is 2.14 bits per heavy atom. The van der Waals surface area contributed by atoms with Gasteiger partial charge < -0.3 is 31.2 Å². The van der Waals surface area contributed by atoms with Crippen molar-refractivity contribution in [2.45, 2.75) is 12.6 Å². The third kappa shape index (κ3) is 3.83. The number of hydrogen-bond donors (Lipinski definition) is 4. The SMILES string of the molecule is COc1ccc(F)cc1C(=O)NCc1ncc(-c2nn(C3COC3)c(N)c2C(N)=O)c2cc[nH]c12. The minimum absolute atomic E-state index is 0.0501. The number of amides is 2. The quantitative estimate of drug-likeness (QED) is 0.314. The molecule has 180 valence electrons. The molecule has 5 rings (SSSR count). The van der Waals surface area contributed by atoms with Gasteiger partial charge in [-0.2, -0.15) is 5.10 Å². The van der Waals surface area contributed by atoms with E-state index in [2.05, 4.69) is 20.4 Å². The number of anilines is 1. The number of hydrogen-bond acceptors (Lipinski definition) is 7. The Labute approximate surface area is 198 Å². The fourth-order valence-corrected chi connectivity index (χ4v) is 4.07. The summed E-state index contributed by atoms with van der Waals surface area (Å²) in [4.78, 5) is 32.5. The van der Waals surface area contributed by atoms with Crippen LogP contribution in [-0.2, 0) is 11.3 Å². The largest absolute Gasteiger partial charge is 0.496 e. The predicted octanol–water partition coefficient (Wildman–Crippen LogP) is 1.76. The Balaban J connectivity index is 1.48. The van der Waals surface area contributed by atoms with Crippen LogP contribution in [0.25, 0.3) is 22.2 Å². The standard InChI is InChI=1S/C23H22FN7O4/c1-34-17-3-2-11(24)6-14(17)23(33)29-8-16-19-13(4-5-27-19)15(7-28-16)20-18(22(26)32)21(25)31(30-20)12-9-35-10-12/h2-7,12,27H,8-10,25H2,1H3,(H2,26,32)(H,29,33). The van der Waals surface area contributed by atoms with E-state index < -0.39 is 17.6 Å². The number of fused-ring (bicyclic) bond motifs is 1. The van der Waals surface area contributed by atoms with E-state index in [1.807, 2.05) is 0 Å². The number of rotatable bonds is 7. The van der Waals surface area contributed by atoms with E-state index in [0.29, 0.717) is 41.1 Å². The van der Waals surface area contributed by atoms with E-state index in [-0.39, 0.29) is 35.3 Å². The maximum atomic E-state index is 13.7. The average molecular weight is 479 g/mol. The molecule has 0 aliphatic carbocycles. The van der Waals surface area contributed by atoms with E-state index in [1.54, 1.807) is 23.1 Å². The number of nitrogens with one attached hydrogen (secondary N) is 2. The van der Waals surface area contributed by atoms with Crippen LogP contribution in [0.15, 0.2) is 36.7 Å². The molecule has 1 saturated heterocycles. The van der Waals surface area contributed by atoms with E-state index in [4.69, 9.17) is 20.9 Å². The molecule has 12 heteroatoms. The smallest absolute Gasteiger partial charge is 0.255 e. The van der Waals surface area contributed by atoms with Crippen LogP contribution in [0.5, 0.6) is 5.75 Å². The third-order valence-electron chi connectivity index (χ3n) is 5.91. The Morgan fingerprint density at radius 3 is 2.83 bits per heavy atom. The first-order valence-electron chi connectivity index (χ1n) is 10.7. The number of H-pyrrole nitrogens is 1. The van der Waals surface area contributed by atoms with E-state index >= 15 is 0 Å². The molecule has 1 fully saturated rings. The summed E-state index contributed by atoms with van der Waals surface area (Å²) in [6.07, 6.45) is 3.26. The van der Waals surface area contributed by atoms with Crippen molar-refractivity contribution >= 4 is 28.5 Å². The van der Waals surface area contributed by atoms with Crippen molar-refractivity contribution in [2.24, 2.45) is 5.73 Å². The highest BCUT2D eigenvalue weighted by molar-refractivity contribution is 6.07. The van der Waals surface area contributed by atoms with E-state index in [9.17, 15) is 14.0 Å². The molecule has 4 aromatic rings. The van der Waals surface area contributed by atoms with Gasteiger partial charge in [-0.05, 0) is 24.3 Å². The van der Waals surface area contributed by atoms with Crippen molar-refractivity contribution < 1.29 is 23.5 Å². The van der Waals surface area contributed by atoms with Crippen LogP contribution in [0, 0.1) is 5.82 Å². The molecule has 35 heavy (non-hydrogen) atoms. The number of primary amides is 1. The first-order valence-corrected chi connectivity index (χ1v) is 10.7. The molecule has 0 unspecified atom stereocenters. The zero-order valence-electron chi connectivity index (χ0n) is 18.7. The molecular formula is C23H22FN7O4. The molecule has 1 aromatic carbocycles. The third-order valence-corrected chi connectivity index (χ3v) is 5.91. The Morgan fingerprint density at radius 1 is 1.34 bits per heavy atom. The van der Waals surface area contributed by atoms with Gasteiger partial charge in [0.15, 0.2) is 0 Å². The number of pyridine rings is 1. The molecule has 0 spiro atoms. The zero-order chi connectivity index (χ0) is 24.7. The first kappa shape index (κ1) is 22.3. The van der Waals surface area contributed by atoms with Gasteiger partial charge in [0.1, 0.15) is 34.7 Å². The lowest BCUT2D eigenvalue weighted by atomic mass is 10.0. The molecule has 1 aliphatic rings. The van der Waals surface area contributed by atoms with Crippen molar-refractivity contribution in [3.05, 3.63) is 59.3 Å². The van der Waals surface area contributed by atoms with Gasteiger partial charge in [0.2, 0.25) is 0 Å². The van der Waals surface area contributed by atoms with Crippen LogP contribution in [0.4, 0.5) is 10.2 Å². The summed E-state index contributed by atoms with van der Waals surface area (Å²) in [5, 5.41) is 8.01. The second-order valence-corrected chi connectivity index (χ2v) is 8.02. The number of aromatic nitrogens is 4. The van der Waals surface area contributed by atoms with Gasteiger partial charge >= 0.3 is 0 Å². The van der Waals surface area contributed by atoms with Crippen molar-refractivity contribution in [3.8, 4) is 17.0 Å². The number of halogens is 1. The topological polar surface area (TPSA) is 163 Å². The summed E-state index contributed by atoms with van der Waals surface area (Å²) in [7, 11) is 1.40. The summed E-state index contributed by atoms with van der Waals surface area (Å²) < 4.78 is 25.6. The molecule has 3 aromatic heterocycles. The highest BCUT2D eigenvalue weighted by atomic mass is 19.1. The molecule has 0 atom stereocenters. The summed E-state index contributed by atoms with van der Waals surface area (Å²) in [5.41, 5.74) is 14.0.